The van der Waals surface area contributed by atoms with Crippen LogP contribution in [0.2, 0.25) is 5.72 Å². The molecule has 0 saturated carbocycles. The van der Waals surface area contributed by atoms with Crippen LogP contribution >= 0.6 is 0 Å². The minimum absolute atomic E-state index is 0.0624. The van der Waals surface area contributed by atoms with E-state index in [1.165, 1.54) is 0 Å². The molecule has 0 N–H and O–H groups in total. The maximum absolute atomic E-state index is 6.00. The molecule has 0 amide bonds. The van der Waals surface area contributed by atoms with Crippen LogP contribution in [0, 0.1) is 0 Å². The van der Waals surface area contributed by atoms with E-state index in [0.29, 0.717) is 0 Å². The summed E-state index contributed by atoms with van der Waals surface area (Å²) < 4.78 is 24.0. The standard InChI is InChI=1S/C18H40B2O4/c1-6-10-14-21-19(22-15-11-7-2)18(5)20(23-16-12-8-3)24-17-13-9-4/h18H,6-17H2,1-5H3. The first-order valence-electron chi connectivity index (χ1n) is 10.2. The molecule has 0 rings (SSSR count). The van der Waals surface area contributed by atoms with E-state index in [9.17, 15) is 0 Å². The molecule has 24 heavy (non-hydrogen) atoms. The Morgan fingerprint density at radius 2 is 0.792 bits per heavy atom. The quantitative estimate of drug-likeness (QED) is 0.255. The van der Waals surface area contributed by atoms with Gasteiger partial charge in [-0.3, -0.25) is 0 Å². The van der Waals surface area contributed by atoms with Crippen molar-refractivity contribution in [3.05, 3.63) is 0 Å². The second kappa shape index (κ2) is 17.8. The monoisotopic (exact) mass is 342 g/mol. The fourth-order valence-corrected chi connectivity index (χ4v) is 2.21. The van der Waals surface area contributed by atoms with Crippen LogP contribution in [0.25, 0.3) is 0 Å². The highest BCUT2D eigenvalue weighted by Crippen LogP contribution is 2.19. The molecule has 0 aliphatic heterocycles. The van der Waals surface area contributed by atoms with E-state index in [1.807, 2.05) is 0 Å². The molecule has 0 spiro atoms. The Morgan fingerprint density at radius 1 is 0.542 bits per heavy atom. The lowest BCUT2D eigenvalue weighted by molar-refractivity contribution is 0.165. The molecule has 0 saturated heterocycles. The van der Waals surface area contributed by atoms with Gasteiger partial charge in [-0.1, -0.05) is 60.3 Å². The third kappa shape index (κ3) is 12.3. The second-order valence-electron chi connectivity index (χ2n) is 6.49. The van der Waals surface area contributed by atoms with Gasteiger partial charge in [0, 0.05) is 32.1 Å². The van der Waals surface area contributed by atoms with E-state index in [2.05, 4.69) is 34.6 Å². The lowest BCUT2D eigenvalue weighted by Gasteiger charge is -2.25. The van der Waals surface area contributed by atoms with Gasteiger partial charge in [0.25, 0.3) is 0 Å². The summed E-state index contributed by atoms with van der Waals surface area (Å²) in [6, 6.07) is 0. The minimum Gasteiger partial charge on any atom is -0.411 e. The highest BCUT2D eigenvalue weighted by molar-refractivity contribution is 6.67. The van der Waals surface area contributed by atoms with Gasteiger partial charge in [0.15, 0.2) is 0 Å². The van der Waals surface area contributed by atoms with Crippen molar-refractivity contribution in [2.75, 3.05) is 26.4 Å². The Hall–Kier alpha value is -0.0301. The third-order valence-corrected chi connectivity index (χ3v) is 3.98. The summed E-state index contributed by atoms with van der Waals surface area (Å²) in [5, 5.41) is 0. The maximum Gasteiger partial charge on any atom is 0.457 e. The summed E-state index contributed by atoms with van der Waals surface area (Å²) in [4.78, 5) is 0. The molecular formula is C18H40B2O4. The summed E-state index contributed by atoms with van der Waals surface area (Å²) in [5.74, 6) is 0. The zero-order chi connectivity index (χ0) is 18.0. The summed E-state index contributed by atoms with van der Waals surface area (Å²) in [7, 11) is -0.507. The fourth-order valence-electron chi connectivity index (χ4n) is 2.21. The Labute approximate surface area is 151 Å². The van der Waals surface area contributed by atoms with Crippen LogP contribution in [-0.4, -0.2) is 40.7 Å². The van der Waals surface area contributed by atoms with Crippen molar-refractivity contribution in [2.45, 2.75) is 91.7 Å². The van der Waals surface area contributed by atoms with Gasteiger partial charge in [-0.25, -0.2) is 0 Å². The SMILES string of the molecule is CCCCOB(OCCCC)C(C)B(OCCCC)OCCCC. The van der Waals surface area contributed by atoms with Crippen molar-refractivity contribution in [3.8, 4) is 0 Å². The zero-order valence-electron chi connectivity index (χ0n) is 16.9. The van der Waals surface area contributed by atoms with Gasteiger partial charge < -0.3 is 18.6 Å². The molecule has 0 aliphatic carbocycles. The number of rotatable bonds is 18. The molecule has 0 aromatic carbocycles. The molecule has 0 bridgehead atoms. The predicted octanol–water partition coefficient (Wildman–Crippen LogP) is 5.16. The molecule has 0 atom stereocenters. The van der Waals surface area contributed by atoms with E-state index >= 15 is 0 Å². The van der Waals surface area contributed by atoms with Crippen LogP contribution in [0.4, 0.5) is 0 Å². The van der Waals surface area contributed by atoms with Crippen molar-refractivity contribution in [2.24, 2.45) is 0 Å². The normalized spacial score (nSPS) is 11.2. The molecule has 0 radical (unpaired) electrons. The van der Waals surface area contributed by atoms with Crippen LogP contribution in [0.1, 0.15) is 86.0 Å². The van der Waals surface area contributed by atoms with Crippen molar-refractivity contribution in [3.63, 3.8) is 0 Å². The third-order valence-electron chi connectivity index (χ3n) is 3.98. The summed E-state index contributed by atoms with van der Waals surface area (Å²) in [6.45, 7) is 13.7. The first kappa shape index (κ1) is 24.0. The summed E-state index contributed by atoms with van der Waals surface area (Å²) in [6.07, 6.45) is 8.71. The molecule has 6 heteroatoms. The number of hydrogen-bond donors (Lipinski definition) is 0. The van der Waals surface area contributed by atoms with E-state index in [0.717, 1.165) is 77.8 Å². The minimum atomic E-state index is -0.253. The van der Waals surface area contributed by atoms with Crippen molar-refractivity contribution < 1.29 is 18.6 Å². The average molecular weight is 342 g/mol. The Kier molecular flexibility index (Phi) is 17.8. The molecule has 0 aromatic heterocycles. The largest absolute Gasteiger partial charge is 0.457 e. The number of unbranched alkanes of at least 4 members (excludes halogenated alkanes) is 4. The van der Waals surface area contributed by atoms with Gasteiger partial charge in [0.1, 0.15) is 0 Å². The highest BCUT2D eigenvalue weighted by atomic mass is 16.6. The van der Waals surface area contributed by atoms with Gasteiger partial charge in [-0.2, -0.15) is 0 Å². The van der Waals surface area contributed by atoms with E-state index in [1.54, 1.807) is 0 Å². The molecular weight excluding hydrogens is 302 g/mol. The lowest BCUT2D eigenvalue weighted by Crippen LogP contribution is -2.41. The van der Waals surface area contributed by atoms with E-state index in [4.69, 9.17) is 18.6 Å². The average Bonchev–Trinajstić information content (AvgIpc) is 2.59. The second-order valence-corrected chi connectivity index (χ2v) is 6.49. The lowest BCUT2D eigenvalue weighted by atomic mass is 9.52. The van der Waals surface area contributed by atoms with E-state index in [-0.39, 0.29) is 20.0 Å². The van der Waals surface area contributed by atoms with Crippen LogP contribution in [0.5, 0.6) is 0 Å². The summed E-state index contributed by atoms with van der Waals surface area (Å²) >= 11 is 0. The van der Waals surface area contributed by atoms with Gasteiger partial charge in [-0.15, -0.1) is 0 Å². The van der Waals surface area contributed by atoms with Crippen LogP contribution in [0.3, 0.4) is 0 Å². The summed E-state index contributed by atoms with van der Waals surface area (Å²) in [5.41, 5.74) is 0.0624. The van der Waals surface area contributed by atoms with Crippen molar-refractivity contribution >= 4 is 14.2 Å². The first-order chi connectivity index (χ1) is 11.7. The Balaban J connectivity index is 4.61. The topological polar surface area (TPSA) is 36.9 Å². The maximum atomic E-state index is 6.00. The fraction of sp³-hybridized carbons (Fsp3) is 1.00. The van der Waals surface area contributed by atoms with Gasteiger partial charge >= 0.3 is 14.2 Å². The van der Waals surface area contributed by atoms with Gasteiger partial charge in [-0.05, 0) is 25.7 Å². The Bertz CT molecular complexity index is 213. The van der Waals surface area contributed by atoms with Gasteiger partial charge in [0.05, 0.1) is 0 Å². The van der Waals surface area contributed by atoms with Crippen LogP contribution < -0.4 is 0 Å². The molecule has 142 valence electrons. The molecule has 0 unspecified atom stereocenters. The predicted molar refractivity (Wildman–Crippen MR) is 104 cm³/mol. The van der Waals surface area contributed by atoms with E-state index < -0.39 is 0 Å². The van der Waals surface area contributed by atoms with Crippen LogP contribution in [-0.2, 0) is 18.6 Å². The zero-order valence-corrected chi connectivity index (χ0v) is 16.9. The van der Waals surface area contributed by atoms with Crippen molar-refractivity contribution in [1.82, 2.24) is 0 Å². The smallest absolute Gasteiger partial charge is 0.411 e. The molecule has 0 aliphatic rings. The first-order valence-corrected chi connectivity index (χ1v) is 10.2. The molecule has 0 heterocycles. The van der Waals surface area contributed by atoms with Crippen molar-refractivity contribution in [1.29, 1.82) is 0 Å². The molecule has 0 aromatic rings. The molecule has 4 nitrogen and oxygen atoms in total. The van der Waals surface area contributed by atoms with Gasteiger partial charge in [0.2, 0.25) is 0 Å². The molecule has 0 fully saturated rings. The highest BCUT2D eigenvalue weighted by Gasteiger charge is 2.39. The Morgan fingerprint density at radius 3 is 1.00 bits per heavy atom. The van der Waals surface area contributed by atoms with Crippen LogP contribution in [0.15, 0.2) is 0 Å². The number of hydrogen-bond acceptors (Lipinski definition) is 4.